The molecule has 1 aromatic heterocycles. The average Bonchev–Trinajstić information content (AvgIpc) is 2.78. The highest BCUT2D eigenvalue weighted by Crippen LogP contribution is 2.20. The highest BCUT2D eigenvalue weighted by Gasteiger charge is 2.12. The van der Waals surface area contributed by atoms with Gasteiger partial charge >= 0.3 is 5.97 Å². The van der Waals surface area contributed by atoms with E-state index in [1.807, 2.05) is 0 Å². The van der Waals surface area contributed by atoms with Crippen LogP contribution < -0.4 is 5.32 Å². The van der Waals surface area contributed by atoms with Crippen molar-refractivity contribution in [3.8, 4) is 0 Å². The van der Waals surface area contributed by atoms with Crippen LogP contribution in [0.4, 0.5) is 0 Å². The second kappa shape index (κ2) is 6.38. The molecule has 20 heavy (non-hydrogen) atoms. The first-order valence-electron chi connectivity index (χ1n) is 6.05. The molecule has 106 valence electrons. The number of oxazole rings is 1. The van der Waals surface area contributed by atoms with Gasteiger partial charge < -0.3 is 14.5 Å². The third-order valence-electron chi connectivity index (χ3n) is 2.44. The molecule has 0 unspecified atom stereocenters. The Morgan fingerprint density at radius 1 is 1.45 bits per heavy atom. The molecule has 0 fully saturated rings. The Hall–Kier alpha value is -2.08. The number of benzene rings is 1. The van der Waals surface area contributed by atoms with E-state index in [0.717, 1.165) is 0 Å². The Kier molecular flexibility index (Phi) is 4.57. The van der Waals surface area contributed by atoms with Crippen LogP contribution in [-0.2, 0) is 20.7 Å². The highest BCUT2D eigenvalue weighted by atomic mass is 35.5. The lowest BCUT2D eigenvalue weighted by Crippen LogP contribution is -2.31. The maximum Gasteiger partial charge on any atom is 0.325 e. The van der Waals surface area contributed by atoms with Crippen molar-refractivity contribution in [1.82, 2.24) is 10.3 Å². The normalized spacial score (nSPS) is 10.5. The lowest BCUT2D eigenvalue weighted by molar-refractivity contribution is -0.143. The van der Waals surface area contributed by atoms with Crippen molar-refractivity contribution in [1.29, 1.82) is 0 Å². The lowest BCUT2D eigenvalue weighted by atomic mass is 10.3. The number of hydrogen-bond acceptors (Lipinski definition) is 5. The lowest BCUT2D eigenvalue weighted by Gasteiger charge is -2.02. The van der Waals surface area contributed by atoms with Gasteiger partial charge in [0.25, 0.3) is 0 Å². The molecule has 0 aliphatic rings. The molecule has 0 aliphatic carbocycles. The van der Waals surface area contributed by atoms with Gasteiger partial charge in [-0.3, -0.25) is 9.59 Å². The molecule has 0 radical (unpaired) electrons. The molecule has 6 nitrogen and oxygen atoms in total. The molecule has 0 spiro atoms. The first kappa shape index (κ1) is 14.3. The van der Waals surface area contributed by atoms with E-state index in [9.17, 15) is 9.59 Å². The van der Waals surface area contributed by atoms with E-state index in [1.54, 1.807) is 25.1 Å². The summed E-state index contributed by atoms with van der Waals surface area (Å²) >= 11 is 5.83. The molecule has 7 heteroatoms. The van der Waals surface area contributed by atoms with Gasteiger partial charge in [-0.25, -0.2) is 4.98 Å². The predicted octanol–water partition coefficient (Wildman–Crippen LogP) is 1.70. The molecule has 0 bridgehead atoms. The molecule has 1 amide bonds. The van der Waals surface area contributed by atoms with Gasteiger partial charge in [0.2, 0.25) is 11.8 Å². The fourth-order valence-corrected chi connectivity index (χ4v) is 1.77. The summed E-state index contributed by atoms with van der Waals surface area (Å²) in [5.74, 6) is -0.579. The summed E-state index contributed by atoms with van der Waals surface area (Å²) < 4.78 is 10.1. The van der Waals surface area contributed by atoms with E-state index in [4.69, 9.17) is 20.8 Å². The van der Waals surface area contributed by atoms with Crippen LogP contribution in [-0.4, -0.2) is 30.0 Å². The summed E-state index contributed by atoms with van der Waals surface area (Å²) in [5.41, 5.74) is 1.15. The summed E-state index contributed by atoms with van der Waals surface area (Å²) in [4.78, 5) is 26.9. The van der Waals surface area contributed by atoms with Crippen LogP contribution in [0.25, 0.3) is 11.1 Å². The Balaban J connectivity index is 1.94. The molecular weight excluding hydrogens is 284 g/mol. The van der Waals surface area contributed by atoms with E-state index in [1.165, 1.54) is 0 Å². The van der Waals surface area contributed by atoms with Crippen molar-refractivity contribution in [2.24, 2.45) is 0 Å². The van der Waals surface area contributed by atoms with Gasteiger partial charge in [-0.2, -0.15) is 0 Å². The molecule has 0 aliphatic heterocycles. The smallest absolute Gasteiger partial charge is 0.325 e. The maximum atomic E-state index is 11.6. The van der Waals surface area contributed by atoms with Gasteiger partial charge in [0.05, 0.1) is 6.61 Å². The standard InChI is InChI=1S/C13H13ClN2O4/c1-2-19-13(18)7-15-11(17)6-12-16-9-4-3-8(14)5-10(9)20-12/h3-5H,2,6-7H2,1H3,(H,15,17). The van der Waals surface area contributed by atoms with Crippen molar-refractivity contribution < 1.29 is 18.7 Å². The predicted molar refractivity (Wildman–Crippen MR) is 72.4 cm³/mol. The highest BCUT2D eigenvalue weighted by molar-refractivity contribution is 6.31. The fourth-order valence-electron chi connectivity index (χ4n) is 1.60. The zero-order chi connectivity index (χ0) is 14.5. The molecular formula is C13H13ClN2O4. The molecule has 0 saturated carbocycles. The summed E-state index contributed by atoms with van der Waals surface area (Å²) in [5, 5.41) is 2.97. The van der Waals surface area contributed by atoms with Crippen molar-refractivity contribution in [2.75, 3.05) is 13.2 Å². The Morgan fingerprint density at radius 3 is 3.00 bits per heavy atom. The number of hydrogen-bond donors (Lipinski definition) is 1. The van der Waals surface area contributed by atoms with Gasteiger partial charge in [-0.1, -0.05) is 11.6 Å². The summed E-state index contributed by atoms with van der Waals surface area (Å²) in [6, 6.07) is 5.03. The number of carbonyl (C=O) groups is 2. The first-order valence-corrected chi connectivity index (χ1v) is 6.43. The number of aromatic nitrogens is 1. The molecule has 1 heterocycles. The molecule has 1 N–H and O–H groups in total. The van der Waals surface area contributed by atoms with E-state index in [0.29, 0.717) is 16.1 Å². The van der Waals surface area contributed by atoms with Crippen LogP contribution in [0.3, 0.4) is 0 Å². The minimum absolute atomic E-state index is 0.0499. The number of carbonyl (C=O) groups excluding carboxylic acids is 2. The van der Waals surface area contributed by atoms with Gasteiger partial charge in [0.1, 0.15) is 18.5 Å². The number of esters is 1. The zero-order valence-corrected chi connectivity index (χ0v) is 11.6. The molecule has 2 rings (SSSR count). The van der Waals surface area contributed by atoms with E-state index in [2.05, 4.69) is 10.3 Å². The van der Waals surface area contributed by atoms with Crippen LogP contribution in [0.2, 0.25) is 5.02 Å². The summed E-state index contributed by atoms with van der Waals surface area (Å²) in [6.45, 7) is 1.81. The summed E-state index contributed by atoms with van der Waals surface area (Å²) in [6.07, 6.45) is -0.0499. The quantitative estimate of drug-likeness (QED) is 0.849. The largest absolute Gasteiger partial charge is 0.465 e. The van der Waals surface area contributed by atoms with Crippen LogP contribution >= 0.6 is 11.6 Å². The maximum absolute atomic E-state index is 11.6. The number of nitrogens with zero attached hydrogens (tertiary/aromatic N) is 1. The van der Waals surface area contributed by atoms with E-state index < -0.39 is 5.97 Å². The second-order valence-electron chi connectivity index (χ2n) is 3.98. The fraction of sp³-hybridized carbons (Fsp3) is 0.308. The minimum atomic E-state index is -0.481. The number of fused-ring (bicyclic) bond motifs is 1. The number of amides is 1. The van der Waals surface area contributed by atoms with E-state index >= 15 is 0 Å². The van der Waals surface area contributed by atoms with Crippen LogP contribution in [0.15, 0.2) is 22.6 Å². The molecule has 2 aromatic rings. The Labute approximate surface area is 120 Å². The van der Waals surface area contributed by atoms with Gasteiger partial charge in [-0.05, 0) is 19.1 Å². The first-order chi connectivity index (χ1) is 9.58. The Bertz CT molecular complexity index is 638. The third kappa shape index (κ3) is 3.71. The number of nitrogens with one attached hydrogen (secondary N) is 1. The van der Waals surface area contributed by atoms with Gasteiger partial charge in [-0.15, -0.1) is 0 Å². The average molecular weight is 297 g/mol. The molecule has 1 aromatic carbocycles. The molecule has 0 atom stereocenters. The van der Waals surface area contributed by atoms with Crippen LogP contribution in [0.1, 0.15) is 12.8 Å². The SMILES string of the molecule is CCOC(=O)CNC(=O)Cc1nc2ccc(Cl)cc2o1. The monoisotopic (exact) mass is 296 g/mol. The van der Waals surface area contributed by atoms with Crippen molar-refractivity contribution in [3.05, 3.63) is 29.1 Å². The van der Waals surface area contributed by atoms with E-state index in [-0.39, 0.29) is 31.4 Å². The van der Waals surface area contributed by atoms with Crippen molar-refractivity contribution in [3.63, 3.8) is 0 Å². The minimum Gasteiger partial charge on any atom is -0.465 e. The number of ether oxygens (including phenoxy) is 1. The topological polar surface area (TPSA) is 81.4 Å². The van der Waals surface area contributed by atoms with Gasteiger partial charge in [0.15, 0.2) is 5.58 Å². The molecule has 0 saturated heterocycles. The Morgan fingerprint density at radius 2 is 2.25 bits per heavy atom. The van der Waals surface area contributed by atoms with Crippen LogP contribution in [0, 0.1) is 0 Å². The van der Waals surface area contributed by atoms with Crippen LogP contribution in [0.5, 0.6) is 0 Å². The zero-order valence-electron chi connectivity index (χ0n) is 10.8. The van der Waals surface area contributed by atoms with Crippen molar-refractivity contribution >= 4 is 34.6 Å². The number of halogens is 1. The van der Waals surface area contributed by atoms with Gasteiger partial charge in [0, 0.05) is 11.1 Å². The third-order valence-corrected chi connectivity index (χ3v) is 2.68. The number of rotatable bonds is 5. The van der Waals surface area contributed by atoms with Crippen molar-refractivity contribution in [2.45, 2.75) is 13.3 Å². The second-order valence-corrected chi connectivity index (χ2v) is 4.41. The summed E-state index contributed by atoms with van der Waals surface area (Å²) in [7, 11) is 0.